The Morgan fingerprint density at radius 1 is 1.14 bits per heavy atom. The normalized spacial score (nSPS) is 10.5. The van der Waals surface area contributed by atoms with Crippen LogP contribution in [0.25, 0.3) is 10.8 Å². The Labute approximate surface area is 118 Å². The second kappa shape index (κ2) is 5.16. The van der Waals surface area contributed by atoms with Crippen molar-refractivity contribution >= 4 is 22.5 Å². The first-order valence-electron chi connectivity index (χ1n) is 6.19. The van der Waals surface area contributed by atoms with E-state index >= 15 is 0 Å². The summed E-state index contributed by atoms with van der Waals surface area (Å²) in [5, 5.41) is 3.99. The van der Waals surface area contributed by atoms with Gasteiger partial charge in [-0.15, -0.1) is 0 Å². The van der Waals surface area contributed by atoms with E-state index in [0.29, 0.717) is 5.56 Å². The van der Waals surface area contributed by atoms with E-state index < -0.39 is 17.4 Å². The number of rotatable bonds is 2. The topological polar surface area (TPSA) is 74.8 Å². The minimum Gasteiger partial charge on any atom is -0.305 e. The van der Waals surface area contributed by atoms with Crippen molar-refractivity contribution in [3.05, 3.63) is 70.5 Å². The molecular weight excluding hydrogens is 273 g/mol. The molecule has 104 valence electrons. The Balaban J connectivity index is 2.01. The molecule has 1 amide bonds. The monoisotopic (exact) mass is 283 g/mol. The number of halogens is 1. The fourth-order valence-corrected chi connectivity index (χ4v) is 2.07. The van der Waals surface area contributed by atoms with Gasteiger partial charge in [0.15, 0.2) is 11.6 Å². The van der Waals surface area contributed by atoms with Gasteiger partial charge in [-0.05, 0) is 16.8 Å². The maximum absolute atomic E-state index is 13.5. The van der Waals surface area contributed by atoms with Crippen LogP contribution in [-0.4, -0.2) is 15.9 Å². The summed E-state index contributed by atoms with van der Waals surface area (Å²) < 4.78 is 13.5. The summed E-state index contributed by atoms with van der Waals surface area (Å²) in [5.74, 6) is -1.61. The first-order valence-corrected chi connectivity index (χ1v) is 6.19. The predicted octanol–water partition coefficient (Wildman–Crippen LogP) is 2.31. The van der Waals surface area contributed by atoms with Gasteiger partial charge < -0.3 is 5.32 Å². The standard InChI is InChI=1S/C15H10FN3O2/c16-12-8-17-15(21)19-13(12)18-14(20)11-7-3-5-9-4-1-2-6-10(9)11/h1-8H,(H2,17,18,19,20,21). The Bertz CT molecular complexity index is 884. The predicted molar refractivity (Wildman–Crippen MR) is 76.7 cm³/mol. The third kappa shape index (κ3) is 2.51. The van der Waals surface area contributed by atoms with Crippen LogP contribution in [0.4, 0.5) is 10.2 Å². The summed E-state index contributed by atoms with van der Waals surface area (Å²) in [7, 11) is 0. The number of fused-ring (bicyclic) bond motifs is 1. The molecule has 0 radical (unpaired) electrons. The highest BCUT2D eigenvalue weighted by Crippen LogP contribution is 2.19. The smallest absolute Gasteiger partial charge is 0.305 e. The molecule has 2 N–H and O–H groups in total. The number of aromatic amines is 1. The maximum Gasteiger partial charge on any atom is 0.346 e. The van der Waals surface area contributed by atoms with Crippen LogP contribution < -0.4 is 11.0 Å². The van der Waals surface area contributed by atoms with Gasteiger partial charge in [0.25, 0.3) is 5.91 Å². The highest BCUT2D eigenvalue weighted by molar-refractivity contribution is 6.12. The Morgan fingerprint density at radius 2 is 1.90 bits per heavy atom. The average Bonchev–Trinajstić information content (AvgIpc) is 2.50. The molecular formula is C15H10FN3O2. The molecule has 0 bridgehead atoms. The lowest BCUT2D eigenvalue weighted by Gasteiger charge is -2.08. The van der Waals surface area contributed by atoms with E-state index in [1.54, 1.807) is 18.2 Å². The average molecular weight is 283 g/mol. The minimum absolute atomic E-state index is 0.298. The van der Waals surface area contributed by atoms with Crippen LogP contribution in [0.2, 0.25) is 0 Å². The lowest BCUT2D eigenvalue weighted by molar-refractivity contribution is 0.102. The number of carbonyl (C=O) groups excluding carboxylic acids is 1. The number of H-pyrrole nitrogens is 1. The molecule has 0 fully saturated rings. The number of aromatic nitrogens is 2. The highest BCUT2D eigenvalue weighted by atomic mass is 19.1. The van der Waals surface area contributed by atoms with Crippen LogP contribution in [0.1, 0.15) is 10.4 Å². The van der Waals surface area contributed by atoms with Gasteiger partial charge in [0.05, 0.1) is 6.20 Å². The van der Waals surface area contributed by atoms with Crippen molar-refractivity contribution in [2.45, 2.75) is 0 Å². The number of anilines is 1. The lowest BCUT2D eigenvalue weighted by atomic mass is 10.0. The third-order valence-corrected chi connectivity index (χ3v) is 3.04. The molecule has 6 heteroatoms. The van der Waals surface area contributed by atoms with Crippen molar-refractivity contribution in [3.8, 4) is 0 Å². The van der Waals surface area contributed by atoms with Gasteiger partial charge in [0, 0.05) is 5.56 Å². The molecule has 21 heavy (non-hydrogen) atoms. The summed E-state index contributed by atoms with van der Waals surface area (Å²) >= 11 is 0. The van der Waals surface area contributed by atoms with Gasteiger partial charge in [-0.25, -0.2) is 9.18 Å². The molecule has 0 spiro atoms. The van der Waals surface area contributed by atoms with E-state index in [9.17, 15) is 14.0 Å². The fraction of sp³-hybridized carbons (Fsp3) is 0. The Morgan fingerprint density at radius 3 is 2.76 bits per heavy atom. The number of carbonyl (C=O) groups is 1. The van der Waals surface area contributed by atoms with E-state index in [1.807, 2.05) is 24.3 Å². The van der Waals surface area contributed by atoms with Gasteiger partial charge >= 0.3 is 5.69 Å². The Hall–Kier alpha value is -3.02. The van der Waals surface area contributed by atoms with Crippen molar-refractivity contribution < 1.29 is 9.18 Å². The van der Waals surface area contributed by atoms with Crippen LogP contribution in [0.5, 0.6) is 0 Å². The summed E-state index contributed by atoms with van der Waals surface area (Å²) in [6, 6.07) is 12.6. The van der Waals surface area contributed by atoms with E-state index in [0.717, 1.165) is 17.0 Å². The largest absolute Gasteiger partial charge is 0.346 e. The number of hydrogen-bond acceptors (Lipinski definition) is 3. The molecule has 0 saturated carbocycles. The van der Waals surface area contributed by atoms with Crippen LogP contribution in [0, 0.1) is 5.82 Å². The second-order valence-corrected chi connectivity index (χ2v) is 4.39. The van der Waals surface area contributed by atoms with E-state index in [4.69, 9.17) is 0 Å². The van der Waals surface area contributed by atoms with Crippen LogP contribution in [0.15, 0.2) is 53.5 Å². The van der Waals surface area contributed by atoms with E-state index in [-0.39, 0.29) is 5.82 Å². The summed E-state index contributed by atoms with van der Waals surface area (Å²) in [4.78, 5) is 28.7. The Kier molecular flexibility index (Phi) is 3.19. The zero-order valence-corrected chi connectivity index (χ0v) is 10.8. The summed E-state index contributed by atoms with van der Waals surface area (Å²) in [5.41, 5.74) is -0.338. The van der Waals surface area contributed by atoms with Crippen molar-refractivity contribution in [2.24, 2.45) is 0 Å². The quantitative estimate of drug-likeness (QED) is 0.758. The van der Waals surface area contributed by atoms with Gasteiger partial charge in [0.1, 0.15) is 0 Å². The van der Waals surface area contributed by atoms with Gasteiger partial charge in [-0.1, -0.05) is 36.4 Å². The van der Waals surface area contributed by atoms with Crippen molar-refractivity contribution in [1.29, 1.82) is 0 Å². The molecule has 0 atom stereocenters. The molecule has 0 aliphatic heterocycles. The molecule has 0 aliphatic rings. The molecule has 1 aromatic heterocycles. The molecule has 2 aromatic carbocycles. The summed E-state index contributed by atoms with van der Waals surface area (Å²) in [6.07, 6.45) is 0.761. The zero-order valence-electron chi connectivity index (χ0n) is 10.8. The molecule has 5 nitrogen and oxygen atoms in total. The van der Waals surface area contributed by atoms with Gasteiger partial charge in [-0.3, -0.25) is 9.78 Å². The molecule has 0 unspecified atom stereocenters. The molecule has 0 saturated heterocycles. The first-order chi connectivity index (χ1) is 10.1. The van der Waals surface area contributed by atoms with Crippen molar-refractivity contribution in [3.63, 3.8) is 0 Å². The number of hydrogen-bond donors (Lipinski definition) is 2. The molecule has 1 heterocycles. The zero-order chi connectivity index (χ0) is 14.8. The number of amides is 1. The molecule has 3 aromatic rings. The minimum atomic E-state index is -0.803. The second-order valence-electron chi connectivity index (χ2n) is 4.39. The SMILES string of the molecule is O=C(Nc1[nH]c(=O)ncc1F)c1cccc2ccccc12. The number of nitrogens with one attached hydrogen (secondary N) is 2. The summed E-state index contributed by atoms with van der Waals surface area (Å²) in [6.45, 7) is 0. The number of nitrogens with zero attached hydrogens (tertiary/aromatic N) is 1. The highest BCUT2D eigenvalue weighted by Gasteiger charge is 2.13. The van der Waals surface area contributed by atoms with Crippen LogP contribution >= 0.6 is 0 Å². The lowest BCUT2D eigenvalue weighted by Crippen LogP contribution is -2.19. The number of benzene rings is 2. The third-order valence-electron chi connectivity index (χ3n) is 3.04. The fourth-order valence-electron chi connectivity index (χ4n) is 2.07. The first kappa shape index (κ1) is 13.0. The van der Waals surface area contributed by atoms with Crippen LogP contribution in [-0.2, 0) is 0 Å². The van der Waals surface area contributed by atoms with Gasteiger partial charge in [0.2, 0.25) is 0 Å². The van der Waals surface area contributed by atoms with Crippen molar-refractivity contribution in [2.75, 3.05) is 5.32 Å². The van der Waals surface area contributed by atoms with E-state index in [1.165, 1.54) is 0 Å². The molecule has 0 aliphatic carbocycles. The maximum atomic E-state index is 13.5. The van der Waals surface area contributed by atoms with Gasteiger partial charge in [-0.2, -0.15) is 4.98 Å². The van der Waals surface area contributed by atoms with Crippen molar-refractivity contribution in [1.82, 2.24) is 9.97 Å². The van der Waals surface area contributed by atoms with Crippen LogP contribution in [0.3, 0.4) is 0 Å². The van der Waals surface area contributed by atoms with E-state index in [2.05, 4.69) is 15.3 Å². The molecule has 3 rings (SSSR count).